The van der Waals surface area contributed by atoms with Gasteiger partial charge in [-0.25, -0.2) is 13.6 Å². The van der Waals surface area contributed by atoms with Gasteiger partial charge in [0.15, 0.2) is 0 Å². The first-order valence-electron chi connectivity index (χ1n) is 14.9. The van der Waals surface area contributed by atoms with Crippen LogP contribution in [0, 0.1) is 11.6 Å². The van der Waals surface area contributed by atoms with E-state index in [1.807, 2.05) is 36.4 Å². The standard InChI is InChI=1S/C35H44F2O2/c1-3-5-7-9-10-11-14-18-27-21-22-30(32(36)26-27)33-29(28-19-15-13-16-20-28)23-24-31(34(33)37)35(38)39-25-17-12-8-6-4-2/h13,15-16,19-24,26H,3-12,14,17-18,25H2,1-2H3. The number of benzene rings is 3. The average molecular weight is 535 g/mol. The molecule has 0 aliphatic rings. The maximum Gasteiger partial charge on any atom is 0.341 e. The van der Waals surface area contributed by atoms with Crippen molar-refractivity contribution in [3.05, 3.63) is 83.4 Å². The summed E-state index contributed by atoms with van der Waals surface area (Å²) in [6, 6.07) is 17.5. The molecule has 3 aromatic carbocycles. The van der Waals surface area contributed by atoms with Crippen LogP contribution in [0.3, 0.4) is 0 Å². The maximum absolute atomic E-state index is 16.0. The number of aryl methyl sites for hydroxylation is 1. The Morgan fingerprint density at radius 3 is 1.97 bits per heavy atom. The van der Waals surface area contributed by atoms with E-state index in [0.29, 0.717) is 5.56 Å². The minimum absolute atomic E-state index is 0.0959. The molecule has 210 valence electrons. The highest BCUT2D eigenvalue weighted by Crippen LogP contribution is 2.37. The van der Waals surface area contributed by atoms with Gasteiger partial charge in [0.05, 0.1) is 12.2 Å². The molecule has 39 heavy (non-hydrogen) atoms. The summed E-state index contributed by atoms with van der Waals surface area (Å²) in [7, 11) is 0. The lowest BCUT2D eigenvalue weighted by atomic mass is 9.91. The number of hydrogen-bond acceptors (Lipinski definition) is 2. The van der Waals surface area contributed by atoms with Gasteiger partial charge in [-0.3, -0.25) is 0 Å². The summed E-state index contributed by atoms with van der Waals surface area (Å²) in [5.74, 6) is -1.93. The van der Waals surface area contributed by atoms with E-state index >= 15 is 8.78 Å². The van der Waals surface area contributed by atoms with Crippen molar-refractivity contribution in [2.24, 2.45) is 0 Å². The first-order chi connectivity index (χ1) is 19.1. The van der Waals surface area contributed by atoms with E-state index in [9.17, 15) is 4.79 Å². The number of halogens is 2. The summed E-state index contributed by atoms with van der Waals surface area (Å²) in [6.45, 7) is 4.61. The van der Waals surface area contributed by atoms with Crippen LogP contribution in [0.1, 0.15) is 107 Å². The zero-order valence-electron chi connectivity index (χ0n) is 23.7. The Kier molecular flexibility index (Phi) is 13.2. The van der Waals surface area contributed by atoms with E-state index in [2.05, 4.69) is 13.8 Å². The number of unbranched alkanes of at least 4 members (excludes halogenated alkanes) is 10. The molecule has 2 nitrogen and oxygen atoms in total. The molecule has 0 radical (unpaired) electrons. The van der Waals surface area contributed by atoms with Crippen molar-refractivity contribution >= 4 is 5.97 Å². The Labute approximate surface area is 233 Å². The first-order valence-corrected chi connectivity index (χ1v) is 14.9. The highest BCUT2D eigenvalue weighted by molar-refractivity contribution is 5.95. The zero-order valence-corrected chi connectivity index (χ0v) is 23.7. The van der Waals surface area contributed by atoms with Gasteiger partial charge in [-0.05, 0) is 48.1 Å². The number of ether oxygens (including phenoxy) is 1. The van der Waals surface area contributed by atoms with Gasteiger partial charge in [0.1, 0.15) is 11.6 Å². The molecule has 0 aromatic heterocycles. The van der Waals surface area contributed by atoms with Crippen molar-refractivity contribution in [2.75, 3.05) is 6.61 Å². The largest absolute Gasteiger partial charge is 0.462 e. The van der Waals surface area contributed by atoms with Crippen molar-refractivity contribution in [1.29, 1.82) is 0 Å². The monoisotopic (exact) mass is 534 g/mol. The molecule has 0 spiro atoms. The summed E-state index contributed by atoms with van der Waals surface area (Å²) < 4.78 is 36.9. The van der Waals surface area contributed by atoms with E-state index in [1.165, 1.54) is 44.2 Å². The fourth-order valence-electron chi connectivity index (χ4n) is 5.01. The third-order valence-electron chi connectivity index (χ3n) is 7.30. The minimum atomic E-state index is -0.744. The van der Waals surface area contributed by atoms with E-state index in [1.54, 1.807) is 12.1 Å². The van der Waals surface area contributed by atoms with Gasteiger partial charge in [0, 0.05) is 11.1 Å². The zero-order chi connectivity index (χ0) is 27.9. The van der Waals surface area contributed by atoms with Crippen LogP contribution >= 0.6 is 0 Å². The Balaban J connectivity index is 1.80. The number of carbonyl (C=O) groups excluding carboxylic acids is 1. The minimum Gasteiger partial charge on any atom is -0.462 e. The summed E-state index contributed by atoms with van der Waals surface area (Å²) in [6.07, 6.45) is 14.3. The molecular formula is C35H44F2O2. The number of hydrogen-bond donors (Lipinski definition) is 0. The second-order valence-electron chi connectivity index (χ2n) is 10.5. The lowest BCUT2D eigenvalue weighted by Crippen LogP contribution is -2.10. The number of esters is 1. The van der Waals surface area contributed by atoms with Crippen LogP contribution in [0.5, 0.6) is 0 Å². The Morgan fingerprint density at radius 1 is 0.692 bits per heavy atom. The Bertz CT molecular complexity index is 1160. The molecule has 0 aliphatic carbocycles. The molecule has 0 amide bonds. The predicted octanol–water partition coefficient (Wildman–Crippen LogP) is 10.7. The second kappa shape index (κ2) is 16.8. The third-order valence-corrected chi connectivity index (χ3v) is 7.30. The SMILES string of the molecule is CCCCCCCCCc1ccc(-c2c(-c3ccccc3)ccc(C(=O)OCCCCCCC)c2F)c(F)c1. The highest BCUT2D eigenvalue weighted by atomic mass is 19.1. The lowest BCUT2D eigenvalue weighted by Gasteiger charge is -2.16. The molecule has 0 saturated heterocycles. The van der Waals surface area contributed by atoms with E-state index in [0.717, 1.165) is 62.5 Å². The van der Waals surface area contributed by atoms with Crippen LogP contribution in [-0.4, -0.2) is 12.6 Å². The van der Waals surface area contributed by atoms with Crippen LogP contribution < -0.4 is 0 Å². The third kappa shape index (κ3) is 9.30. The molecule has 0 N–H and O–H groups in total. The summed E-state index contributed by atoms with van der Waals surface area (Å²) in [5, 5.41) is 0. The maximum atomic E-state index is 16.0. The van der Waals surface area contributed by atoms with Crippen LogP contribution in [0.15, 0.2) is 60.7 Å². The topological polar surface area (TPSA) is 26.3 Å². The van der Waals surface area contributed by atoms with Gasteiger partial charge in [-0.1, -0.05) is 127 Å². The quantitative estimate of drug-likeness (QED) is 0.127. The van der Waals surface area contributed by atoms with Crippen molar-refractivity contribution in [1.82, 2.24) is 0 Å². The highest BCUT2D eigenvalue weighted by Gasteiger charge is 2.23. The predicted molar refractivity (Wildman–Crippen MR) is 158 cm³/mol. The van der Waals surface area contributed by atoms with E-state index in [-0.39, 0.29) is 23.3 Å². The normalized spacial score (nSPS) is 11.1. The molecule has 0 bridgehead atoms. The number of carbonyl (C=O) groups is 1. The van der Waals surface area contributed by atoms with Crippen molar-refractivity contribution in [2.45, 2.75) is 97.3 Å². The molecule has 0 atom stereocenters. The van der Waals surface area contributed by atoms with Gasteiger partial charge < -0.3 is 4.74 Å². The van der Waals surface area contributed by atoms with Crippen molar-refractivity contribution in [3.8, 4) is 22.3 Å². The van der Waals surface area contributed by atoms with E-state index < -0.39 is 17.6 Å². The Morgan fingerprint density at radius 2 is 1.31 bits per heavy atom. The molecule has 3 aromatic rings. The molecule has 0 unspecified atom stereocenters. The van der Waals surface area contributed by atoms with Gasteiger partial charge >= 0.3 is 5.97 Å². The van der Waals surface area contributed by atoms with Gasteiger partial charge in [0.25, 0.3) is 0 Å². The van der Waals surface area contributed by atoms with Crippen LogP contribution in [0.25, 0.3) is 22.3 Å². The van der Waals surface area contributed by atoms with Crippen LogP contribution in [-0.2, 0) is 11.2 Å². The molecular weight excluding hydrogens is 490 g/mol. The molecule has 3 rings (SSSR count). The van der Waals surface area contributed by atoms with Gasteiger partial charge in [-0.15, -0.1) is 0 Å². The van der Waals surface area contributed by atoms with E-state index in [4.69, 9.17) is 4.74 Å². The van der Waals surface area contributed by atoms with Crippen molar-refractivity contribution in [3.63, 3.8) is 0 Å². The fraction of sp³-hybridized carbons (Fsp3) is 0.457. The fourth-order valence-corrected chi connectivity index (χ4v) is 5.01. The first kappa shape index (κ1) is 30.5. The smallest absolute Gasteiger partial charge is 0.341 e. The molecule has 0 saturated carbocycles. The van der Waals surface area contributed by atoms with Gasteiger partial charge in [-0.2, -0.15) is 0 Å². The molecule has 4 heteroatoms. The summed E-state index contributed by atoms with van der Waals surface area (Å²) in [4.78, 5) is 12.8. The average Bonchev–Trinajstić information content (AvgIpc) is 2.95. The van der Waals surface area contributed by atoms with Gasteiger partial charge in [0.2, 0.25) is 0 Å². The van der Waals surface area contributed by atoms with Crippen LogP contribution in [0.2, 0.25) is 0 Å². The molecule has 0 heterocycles. The number of rotatable bonds is 17. The molecule has 0 aliphatic heterocycles. The second-order valence-corrected chi connectivity index (χ2v) is 10.5. The Hall–Kier alpha value is -3.01. The van der Waals surface area contributed by atoms with Crippen molar-refractivity contribution < 1.29 is 18.3 Å². The summed E-state index contributed by atoms with van der Waals surface area (Å²) in [5.41, 5.74) is 2.30. The van der Waals surface area contributed by atoms with Crippen LogP contribution in [0.4, 0.5) is 8.78 Å². The lowest BCUT2D eigenvalue weighted by molar-refractivity contribution is 0.0492. The molecule has 0 fully saturated rings. The summed E-state index contributed by atoms with van der Waals surface area (Å²) >= 11 is 0.